The van der Waals surface area contributed by atoms with Crippen LogP contribution in [0.4, 0.5) is 24.5 Å². The first-order chi connectivity index (χ1) is 13.1. The van der Waals surface area contributed by atoms with Crippen molar-refractivity contribution in [3.05, 3.63) is 42.0 Å². The number of halogens is 3. The van der Waals surface area contributed by atoms with E-state index >= 15 is 0 Å². The van der Waals surface area contributed by atoms with Crippen molar-refractivity contribution in [1.29, 1.82) is 0 Å². The summed E-state index contributed by atoms with van der Waals surface area (Å²) in [7, 11) is 1.33. The van der Waals surface area contributed by atoms with E-state index in [1.54, 1.807) is 13.0 Å². The van der Waals surface area contributed by atoms with Gasteiger partial charge in [0.05, 0.1) is 6.42 Å². The van der Waals surface area contributed by atoms with Crippen LogP contribution in [-0.4, -0.2) is 39.8 Å². The lowest BCUT2D eigenvalue weighted by atomic mass is 9.97. The lowest BCUT2D eigenvalue weighted by molar-refractivity contribution is -0.270. The Kier molecular flexibility index (Phi) is 5.38. The van der Waals surface area contributed by atoms with Gasteiger partial charge in [0.2, 0.25) is 11.5 Å². The van der Waals surface area contributed by atoms with Crippen molar-refractivity contribution in [2.75, 3.05) is 23.3 Å². The molecule has 0 spiro atoms. The van der Waals surface area contributed by atoms with Crippen LogP contribution in [0.15, 0.2) is 30.6 Å². The molecule has 9 heteroatoms. The molecule has 2 heterocycles. The zero-order valence-electron chi connectivity index (χ0n) is 15.8. The average molecular weight is 396 g/mol. The van der Waals surface area contributed by atoms with Crippen LogP contribution >= 0.6 is 0 Å². The molecule has 1 aliphatic heterocycles. The number of anilines is 2. The van der Waals surface area contributed by atoms with Crippen molar-refractivity contribution in [3.63, 3.8) is 0 Å². The zero-order valence-corrected chi connectivity index (χ0v) is 15.8. The SMILES string of the molecule is Cc1cc(N2CCCC2)ccc1NC(=O)CC(O)(c1nccn1C)C(F)(F)F. The zero-order chi connectivity index (χ0) is 20.5. The number of carbonyl (C=O) groups is 1. The van der Waals surface area contributed by atoms with Crippen LogP contribution in [0.5, 0.6) is 0 Å². The number of imidazole rings is 1. The molecule has 0 aliphatic carbocycles. The van der Waals surface area contributed by atoms with Gasteiger partial charge in [0.1, 0.15) is 0 Å². The standard InChI is InChI=1S/C19H23F3N4O2/c1-13-11-14(26-8-3-4-9-26)5-6-15(13)24-16(27)12-18(28,19(20,21)22)17-23-7-10-25(17)2/h5-7,10-11,28H,3-4,8-9,12H2,1-2H3,(H,24,27). The van der Waals surface area contributed by atoms with E-state index in [9.17, 15) is 23.1 Å². The lowest BCUT2D eigenvalue weighted by Gasteiger charge is -2.29. The maximum absolute atomic E-state index is 13.6. The molecule has 6 nitrogen and oxygen atoms in total. The number of aromatic nitrogens is 2. The van der Waals surface area contributed by atoms with Crippen LogP contribution in [0.1, 0.15) is 30.7 Å². The summed E-state index contributed by atoms with van der Waals surface area (Å²) < 4.78 is 41.7. The third kappa shape index (κ3) is 3.84. The molecular weight excluding hydrogens is 373 g/mol. The molecule has 1 amide bonds. The van der Waals surface area contributed by atoms with E-state index in [2.05, 4.69) is 15.2 Å². The number of benzene rings is 1. The number of aliphatic hydroxyl groups is 1. The summed E-state index contributed by atoms with van der Waals surface area (Å²) in [4.78, 5) is 18.2. The van der Waals surface area contributed by atoms with Crippen molar-refractivity contribution in [1.82, 2.24) is 9.55 Å². The number of nitrogens with zero attached hydrogens (tertiary/aromatic N) is 3. The Hall–Kier alpha value is -2.55. The number of rotatable bonds is 5. The minimum absolute atomic E-state index is 0.414. The largest absolute Gasteiger partial charge is 0.425 e. The molecule has 1 aliphatic rings. The monoisotopic (exact) mass is 396 g/mol. The van der Waals surface area contributed by atoms with Crippen LogP contribution in [0.25, 0.3) is 0 Å². The molecule has 0 bridgehead atoms. The maximum atomic E-state index is 13.6. The fourth-order valence-corrected chi connectivity index (χ4v) is 3.46. The molecule has 1 atom stereocenters. The van der Waals surface area contributed by atoms with Gasteiger partial charge in [-0.05, 0) is 43.5 Å². The Labute approximate surface area is 161 Å². The van der Waals surface area contributed by atoms with Gasteiger partial charge in [0.25, 0.3) is 0 Å². The molecule has 3 rings (SSSR count). The predicted molar refractivity (Wildman–Crippen MR) is 99.0 cm³/mol. The van der Waals surface area contributed by atoms with Gasteiger partial charge in [-0.25, -0.2) is 4.98 Å². The van der Waals surface area contributed by atoms with Gasteiger partial charge in [0, 0.05) is 43.9 Å². The van der Waals surface area contributed by atoms with Gasteiger partial charge >= 0.3 is 6.18 Å². The fraction of sp³-hybridized carbons (Fsp3) is 0.474. The summed E-state index contributed by atoms with van der Waals surface area (Å²) in [6, 6.07) is 5.41. The Morgan fingerprint density at radius 3 is 2.50 bits per heavy atom. The first-order valence-corrected chi connectivity index (χ1v) is 9.04. The number of alkyl halides is 3. The molecule has 0 saturated carbocycles. The number of nitrogens with one attached hydrogen (secondary N) is 1. The highest BCUT2D eigenvalue weighted by atomic mass is 19.4. The van der Waals surface area contributed by atoms with Crippen molar-refractivity contribution in [2.24, 2.45) is 7.05 Å². The lowest BCUT2D eigenvalue weighted by Crippen LogP contribution is -2.46. The van der Waals surface area contributed by atoms with E-state index in [1.165, 1.54) is 13.2 Å². The van der Waals surface area contributed by atoms with Gasteiger partial charge in [-0.1, -0.05) is 0 Å². The van der Waals surface area contributed by atoms with E-state index in [0.29, 0.717) is 5.69 Å². The Morgan fingerprint density at radius 2 is 1.96 bits per heavy atom. The smallest absolute Gasteiger partial charge is 0.374 e. The summed E-state index contributed by atoms with van der Waals surface area (Å²) in [6.07, 6.45) is -1.56. The summed E-state index contributed by atoms with van der Waals surface area (Å²) >= 11 is 0. The molecule has 1 unspecified atom stereocenters. The molecule has 2 aromatic rings. The quantitative estimate of drug-likeness (QED) is 0.815. The van der Waals surface area contributed by atoms with Crippen LogP contribution < -0.4 is 10.2 Å². The third-order valence-electron chi connectivity index (χ3n) is 5.03. The van der Waals surface area contributed by atoms with Crippen LogP contribution in [0.2, 0.25) is 0 Å². The number of carbonyl (C=O) groups excluding carboxylic acids is 1. The normalized spacial score (nSPS) is 16.9. The fourth-order valence-electron chi connectivity index (χ4n) is 3.46. The van der Waals surface area contributed by atoms with Gasteiger partial charge in [-0.15, -0.1) is 0 Å². The molecule has 1 aromatic carbocycles. The highest BCUT2D eigenvalue weighted by Gasteiger charge is 2.58. The highest BCUT2D eigenvalue weighted by Crippen LogP contribution is 2.41. The number of hydrogen-bond donors (Lipinski definition) is 2. The Bertz CT molecular complexity index is 859. The van der Waals surface area contributed by atoms with Gasteiger partial charge in [-0.2, -0.15) is 13.2 Å². The van der Waals surface area contributed by atoms with Crippen LogP contribution in [0, 0.1) is 6.92 Å². The van der Waals surface area contributed by atoms with E-state index in [4.69, 9.17) is 0 Å². The molecule has 1 aromatic heterocycles. The summed E-state index contributed by atoms with van der Waals surface area (Å²) in [5.74, 6) is -1.57. The molecule has 1 fully saturated rings. The molecular formula is C19H23F3N4O2. The van der Waals surface area contributed by atoms with Crippen molar-refractivity contribution < 1.29 is 23.1 Å². The van der Waals surface area contributed by atoms with E-state index in [-0.39, 0.29) is 0 Å². The third-order valence-corrected chi connectivity index (χ3v) is 5.03. The summed E-state index contributed by atoms with van der Waals surface area (Å²) in [5, 5.41) is 12.8. The molecule has 152 valence electrons. The van der Waals surface area contributed by atoms with Crippen molar-refractivity contribution >= 4 is 17.3 Å². The second-order valence-corrected chi connectivity index (χ2v) is 7.14. The molecule has 1 saturated heterocycles. The summed E-state index contributed by atoms with van der Waals surface area (Å²) in [5.41, 5.74) is -1.20. The first kappa shape index (κ1) is 20.2. The van der Waals surface area contributed by atoms with Crippen molar-refractivity contribution in [2.45, 2.75) is 38.0 Å². The Morgan fingerprint density at radius 1 is 1.29 bits per heavy atom. The highest BCUT2D eigenvalue weighted by molar-refractivity contribution is 5.92. The van der Waals surface area contributed by atoms with Crippen molar-refractivity contribution in [3.8, 4) is 0 Å². The minimum atomic E-state index is -5.06. The van der Waals surface area contributed by atoms with E-state index in [0.717, 1.165) is 47.9 Å². The molecule has 2 N–H and O–H groups in total. The van der Waals surface area contributed by atoms with Crippen LogP contribution in [-0.2, 0) is 17.4 Å². The molecule has 28 heavy (non-hydrogen) atoms. The average Bonchev–Trinajstić information content (AvgIpc) is 3.27. The van der Waals surface area contributed by atoms with Gasteiger partial charge < -0.3 is 19.9 Å². The van der Waals surface area contributed by atoms with E-state index < -0.39 is 29.9 Å². The predicted octanol–water partition coefficient (Wildman–Crippen LogP) is 3.11. The Balaban J connectivity index is 1.77. The van der Waals surface area contributed by atoms with E-state index in [1.807, 2.05) is 12.1 Å². The maximum Gasteiger partial charge on any atom is 0.425 e. The number of amides is 1. The summed E-state index contributed by atoms with van der Waals surface area (Å²) in [6.45, 7) is 3.71. The first-order valence-electron chi connectivity index (χ1n) is 9.04. The topological polar surface area (TPSA) is 70.4 Å². The number of hydrogen-bond acceptors (Lipinski definition) is 4. The second-order valence-electron chi connectivity index (χ2n) is 7.14. The molecule has 0 radical (unpaired) electrons. The number of aryl methyl sites for hydroxylation is 2. The second kappa shape index (κ2) is 7.46. The minimum Gasteiger partial charge on any atom is -0.374 e. The van der Waals surface area contributed by atoms with Gasteiger partial charge in [0.15, 0.2) is 5.82 Å². The van der Waals surface area contributed by atoms with Gasteiger partial charge in [-0.3, -0.25) is 4.79 Å². The van der Waals surface area contributed by atoms with Crippen LogP contribution in [0.3, 0.4) is 0 Å².